The highest BCUT2D eigenvalue weighted by molar-refractivity contribution is 5.84. The Morgan fingerprint density at radius 2 is 0.645 bits per heavy atom. The highest BCUT2D eigenvalue weighted by Gasteiger charge is 2.54. The second kappa shape index (κ2) is 55.6. The largest absolute Gasteiger partial charge is 0.481 e. The molecule has 124 heavy (non-hydrogen) atoms. The molecule has 0 radical (unpaired) electrons. The van der Waals surface area contributed by atoms with Crippen molar-refractivity contribution in [3.8, 4) is 0 Å². The molecule has 12 atom stereocenters. The second-order valence-corrected chi connectivity index (χ2v) is 36.6. The maximum Gasteiger partial charge on any atom is 0.310 e. The van der Waals surface area contributed by atoms with E-state index in [9.17, 15) is 98.4 Å². The van der Waals surface area contributed by atoms with Gasteiger partial charge in [0.1, 0.15) is 39.6 Å². The molecule has 0 aromatic heterocycles. The average molecular weight is 1780 g/mol. The number of aliphatic carboxylic acids is 6. The van der Waals surface area contributed by atoms with Crippen molar-refractivity contribution >= 4 is 71.6 Å². The molecule has 0 heterocycles. The predicted molar refractivity (Wildman–Crippen MR) is 442 cm³/mol. The summed E-state index contributed by atoms with van der Waals surface area (Å²) in [5.74, 6) is -13.7. The molecule has 0 aromatic rings. The molecular weight excluding hydrogens is 1630 g/mol. The highest BCUT2D eigenvalue weighted by atomic mass is 16.6. The van der Waals surface area contributed by atoms with Gasteiger partial charge in [0.25, 0.3) is 0 Å². The first kappa shape index (κ1) is 113. The number of rotatable bonds is 40. The summed E-state index contributed by atoms with van der Waals surface area (Å²) in [5.41, 5.74) is -5.62. The third-order valence-electron chi connectivity index (χ3n) is 26.4. The summed E-state index contributed by atoms with van der Waals surface area (Å²) in [7, 11) is 0. The Hall–Kier alpha value is -7.10. The lowest BCUT2D eigenvalue weighted by Crippen LogP contribution is -2.45. The van der Waals surface area contributed by atoms with Crippen LogP contribution in [0.4, 0.5) is 0 Å². The standard InChI is InChI=1S/C17H28O6.C15H22O6.C15H26O6.3C13H22O6.C2H6/c1-17(8-18,9-19)10-23-16(22)13-7-3-5-11-4-2-6-12(14(11)13)15(20)21;1-2-15(6-16,7-17)8-21-14(20)12-10-4-3-9(5-10)11(12)13(18)19;1-2-14(9-16,10-17)11-21-13(20)8-15(7-12(18)19)5-3-4-6-15;1-13(6-14,7-15)8-19-12(18)10-4-2-9(3-5-10)11(16)17;2*1-13(6-14,7-15)8-19-12(18)10-5-3-2-4-9(10)11(16)17;1-2/h11-14,18-19H,2-10H2,1H3,(H,20,21);3-4,9-12,16-17H,2,5-8H2,1H3,(H,18,19);16-17H,2-11H2,1H3,(H,18,19);3*9-10,14-15H,2-8H2,1H3,(H,16,17);1-2H3. The normalized spacial score (nSPS) is 25.0. The quantitative estimate of drug-likeness (QED) is 0.0205. The minimum atomic E-state index is -0.972. The van der Waals surface area contributed by atoms with Crippen LogP contribution in [0.3, 0.4) is 0 Å². The van der Waals surface area contributed by atoms with Crippen molar-refractivity contribution in [3.05, 3.63) is 12.2 Å². The van der Waals surface area contributed by atoms with Crippen LogP contribution in [-0.4, -0.2) is 282 Å². The second-order valence-electron chi connectivity index (χ2n) is 36.6. The van der Waals surface area contributed by atoms with E-state index in [1.165, 1.54) is 0 Å². The van der Waals surface area contributed by atoms with Crippen LogP contribution in [0.15, 0.2) is 12.2 Å². The van der Waals surface area contributed by atoms with Crippen LogP contribution >= 0.6 is 0 Å². The molecule has 716 valence electrons. The van der Waals surface area contributed by atoms with E-state index < -0.39 is 139 Å². The fourth-order valence-corrected chi connectivity index (χ4v) is 16.8. The third-order valence-corrected chi connectivity index (χ3v) is 26.4. The van der Waals surface area contributed by atoms with Gasteiger partial charge in [0.2, 0.25) is 0 Å². The molecule has 0 spiro atoms. The summed E-state index contributed by atoms with van der Waals surface area (Å²) in [5, 5.41) is 165. The molecule has 0 aromatic carbocycles. The number of fused-ring (bicyclic) bond motifs is 3. The monoisotopic (exact) mass is 1780 g/mol. The van der Waals surface area contributed by atoms with Crippen LogP contribution in [0.5, 0.6) is 0 Å². The first-order valence-corrected chi connectivity index (χ1v) is 43.9. The van der Waals surface area contributed by atoms with Gasteiger partial charge >= 0.3 is 71.6 Å². The van der Waals surface area contributed by atoms with Gasteiger partial charge < -0.3 is 120 Å². The molecule has 36 heteroatoms. The molecule has 0 aliphatic heterocycles. The summed E-state index contributed by atoms with van der Waals surface area (Å²) in [4.78, 5) is 139. The number of esters is 6. The number of aliphatic hydroxyl groups excluding tert-OH is 12. The SMILES string of the molecule is CC.CC(CO)(CO)COC(=O)C1CCC(C(=O)O)CC1.CC(CO)(CO)COC(=O)C1CCCC2CCCC(C(=O)O)C21.CC(CO)(CO)COC(=O)C1CCCCC1C(=O)O.CC(CO)(CO)COC(=O)C1CCCCC1C(=O)O.CCC(CO)(CO)COC(=O)C1C2C=CC(C2)C1C(=O)O.CCC(CO)(CO)COC(=O)CC1(CC(=O)O)CCCC1. The van der Waals surface area contributed by atoms with E-state index in [1.807, 2.05) is 32.9 Å². The van der Waals surface area contributed by atoms with Crippen LogP contribution in [0.25, 0.3) is 0 Å². The highest BCUT2D eigenvalue weighted by Crippen LogP contribution is 2.50. The number of carbonyl (C=O) groups excluding carboxylic acids is 6. The Morgan fingerprint density at radius 3 is 0.984 bits per heavy atom. The van der Waals surface area contributed by atoms with E-state index in [2.05, 4.69) is 0 Å². The summed E-state index contributed by atoms with van der Waals surface area (Å²) >= 11 is 0. The number of aliphatic hydroxyl groups is 12. The number of ether oxygens (including phenoxy) is 6. The van der Waals surface area contributed by atoms with Gasteiger partial charge in [-0.15, -0.1) is 0 Å². The van der Waals surface area contributed by atoms with E-state index in [1.54, 1.807) is 34.6 Å². The smallest absolute Gasteiger partial charge is 0.310 e. The van der Waals surface area contributed by atoms with Gasteiger partial charge in [0.15, 0.2) is 0 Å². The molecule has 8 aliphatic rings. The number of allylic oxidation sites excluding steroid dienone is 2. The van der Waals surface area contributed by atoms with Crippen molar-refractivity contribution in [1.82, 2.24) is 0 Å². The van der Waals surface area contributed by atoms with Crippen molar-refractivity contribution in [3.63, 3.8) is 0 Å². The third kappa shape index (κ3) is 34.8. The summed E-state index contributed by atoms with van der Waals surface area (Å²) in [6.07, 6.45) is 21.2. The Morgan fingerprint density at radius 1 is 0.323 bits per heavy atom. The predicted octanol–water partition coefficient (Wildman–Crippen LogP) is 5.47. The van der Waals surface area contributed by atoms with Crippen molar-refractivity contribution in [2.75, 3.05) is 119 Å². The lowest BCUT2D eigenvalue weighted by molar-refractivity contribution is -0.164. The van der Waals surface area contributed by atoms with Gasteiger partial charge in [-0.3, -0.25) is 57.5 Å². The number of carboxylic acids is 6. The zero-order chi connectivity index (χ0) is 94.0. The summed E-state index contributed by atoms with van der Waals surface area (Å²) in [6, 6.07) is 0. The lowest BCUT2D eigenvalue weighted by atomic mass is 9.61. The van der Waals surface area contributed by atoms with Crippen molar-refractivity contribution < 1.29 is 178 Å². The summed E-state index contributed by atoms with van der Waals surface area (Å²) < 4.78 is 31.1. The Kier molecular flexibility index (Phi) is 50.6. The van der Waals surface area contributed by atoms with E-state index in [-0.39, 0.29) is 179 Å². The van der Waals surface area contributed by atoms with E-state index in [0.717, 1.165) is 77.0 Å². The van der Waals surface area contributed by atoms with Crippen LogP contribution in [0, 0.1) is 121 Å². The molecule has 7 saturated carbocycles. The van der Waals surface area contributed by atoms with Crippen molar-refractivity contribution in [2.24, 2.45) is 121 Å². The number of carbonyl (C=O) groups is 12. The fourth-order valence-electron chi connectivity index (χ4n) is 16.8. The fraction of sp³-hybridized carbons (Fsp3) is 0.841. The van der Waals surface area contributed by atoms with Gasteiger partial charge in [-0.2, -0.15) is 0 Å². The van der Waals surface area contributed by atoms with Crippen LogP contribution in [0.1, 0.15) is 229 Å². The van der Waals surface area contributed by atoms with Gasteiger partial charge in [0.05, 0.1) is 162 Å². The number of hydrogen-bond acceptors (Lipinski definition) is 30. The number of hydrogen-bond donors (Lipinski definition) is 18. The molecule has 7 fully saturated rings. The molecule has 8 aliphatic carbocycles. The topological polar surface area (TPSA) is 624 Å². The lowest BCUT2D eigenvalue weighted by Gasteiger charge is -2.43. The minimum Gasteiger partial charge on any atom is -0.481 e. The number of carboxylic acid groups (broad SMARTS) is 6. The maximum absolute atomic E-state index is 12.5. The molecule has 36 nitrogen and oxygen atoms in total. The van der Waals surface area contributed by atoms with Gasteiger partial charge in [0, 0.05) is 21.7 Å². The maximum atomic E-state index is 12.5. The first-order valence-electron chi connectivity index (χ1n) is 43.9. The zero-order valence-electron chi connectivity index (χ0n) is 74.0. The van der Waals surface area contributed by atoms with E-state index >= 15 is 0 Å². The van der Waals surface area contributed by atoms with Gasteiger partial charge in [-0.1, -0.05) is 132 Å². The van der Waals surface area contributed by atoms with E-state index in [4.69, 9.17) is 79.5 Å². The molecule has 18 N–H and O–H groups in total. The zero-order valence-corrected chi connectivity index (χ0v) is 74.0. The van der Waals surface area contributed by atoms with Crippen molar-refractivity contribution in [1.29, 1.82) is 0 Å². The Balaban J connectivity index is 0.000000503. The van der Waals surface area contributed by atoms with Crippen LogP contribution in [0.2, 0.25) is 0 Å². The molecule has 8 rings (SSSR count). The van der Waals surface area contributed by atoms with Crippen LogP contribution in [-0.2, 0) is 86.0 Å². The van der Waals surface area contributed by atoms with Gasteiger partial charge in [-0.25, -0.2) is 0 Å². The molecular formula is C88H148O36. The molecule has 0 saturated heterocycles. The Bertz CT molecular complexity index is 3200. The minimum absolute atomic E-state index is 0.0129. The van der Waals surface area contributed by atoms with Crippen LogP contribution < -0.4 is 0 Å². The first-order chi connectivity index (χ1) is 58.6. The van der Waals surface area contributed by atoms with E-state index in [0.29, 0.717) is 89.4 Å². The summed E-state index contributed by atoms with van der Waals surface area (Å²) in [6.45, 7) is 10.3. The molecule has 12 unspecified atom stereocenters. The Labute approximate surface area is 727 Å². The average Bonchev–Trinajstić information content (AvgIpc) is 1.64. The van der Waals surface area contributed by atoms with Crippen molar-refractivity contribution in [2.45, 2.75) is 229 Å². The van der Waals surface area contributed by atoms with Gasteiger partial charge in [-0.05, 0) is 125 Å². The molecule has 2 bridgehead atoms. The molecule has 0 amide bonds.